The van der Waals surface area contributed by atoms with E-state index in [0.29, 0.717) is 29.5 Å². The number of hydrogen-bond donors (Lipinski definition) is 1. The molecule has 26 heavy (non-hydrogen) atoms. The van der Waals surface area contributed by atoms with Crippen LogP contribution in [0.2, 0.25) is 0 Å². The summed E-state index contributed by atoms with van der Waals surface area (Å²) in [6.07, 6.45) is 6.90. The van der Waals surface area contributed by atoms with Crippen LogP contribution < -0.4 is 24.4 Å². The van der Waals surface area contributed by atoms with Gasteiger partial charge in [-0.25, -0.2) is 0 Å². The van der Waals surface area contributed by atoms with Crippen LogP contribution in [0.1, 0.15) is 11.1 Å². The van der Waals surface area contributed by atoms with Crippen LogP contribution in [-0.4, -0.2) is 34.2 Å². The summed E-state index contributed by atoms with van der Waals surface area (Å²) in [4.78, 5) is 0. The van der Waals surface area contributed by atoms with E-state index in [1.807, 2.05) is 30.3 Å². The van der Waals surface area contributed by atoms with Gasteiger partial charge in [-0.1, -0.05) is 12.0 Å². The Bertz CT molecular complexity index is 797. The molecule has 0 radical (unpaired) electrons. The van der Waals surface area contributed by atoms with E-state index in [2.05, 4.69) is 16.4 Å². The smallest absolute Gasteiger partial charge is 0.162 e. The van der Waals surface area contributed by atoms with Crippen molar-refractivity contribution in [2.45, 2.75) is 6.54 Å². The van der Waals surface area contributed by atoms with E-state index in [4.69, 9.17) is 25.4 Å². The lowest BCUT2D eigenvalue weighted by atomic mass is 10.2. The molecule has 0 saturated carbocycles. The second-order valence-corrected chi connectivity index (χ2v) is 5.19. The van der Waals surface area contributed by atoms with Crippen molar-refractivity contribution in [1.29, 1.82) is 0 Å². The van der Waals surface area contributed by atoms with Gasteiger partial charge in [-0.2, -0.15) is 5.10 Å². The molecule has 6 nitrogen and oxygen atoms in total. The van der Waals surface area contributed by atoms with Gasteiger partial charge in [0.15, 0.2) is 23.0 Å². The van der Waals surface area contributed by atoms with E-state index in [9.17, 15) is 0 Å². The Morgan fingerprint density at radius 3 is 2.35 bits per heavy atom. The van der Waals surface area contributed by atoms with E-state index in [0.717, 1.165) is 11.1 Å². The number of rotatable bonds is 9. The Morgan fingerprint density at radius 1 is 0.962 bits per heavy atom. The molecule has 0 spiro atoms. The Kier molecular flexibility index (Phi) is 7.19. The maximum Gasteiger partial charge on any atom is 0.162 e. The van der Waals surface area contributed by atoms with Crippen LogP contribution in [-0.2, 0) is 6.54 Å². The van der Waals surface area contributed by atoms with Crippen LogP contribution in [0.15, 0.2) is 41.5 Å². The molecule has 136 valence electrons. The van der Waals surface area contributed by atoms with Crippen molar-refractivity contribution < 1.29 is 18.9 Å². The highest BCUT2D eigenvalue weighted by Crippen LogP contribution is 2.28. The molecule has 0 saturated heterocycles. The second-order valence-electron chi connectivity index (χ2n) is 5.19. The number of terminal acetylenes is 1. The maximum atomic E-state index is 5.41. The Labute approximate surface area is 153 Å². The van der Waals surface area contributed by atoms with E-state index >= 15 is 0 Å². The summed E-state index contributed by atoms with van der Waals surface area (Å²) >= 11 is 0. The fraction of sp³-hybridized carbons (Fsp3) is 0.250. The normalized spacial score (nSPS) is 10.2. The number of ether oxygens (including phenoxy) is 4. The van der Waals surface area contributed by atoms with E-state index in [1.54, 1.807) is 33.6 Å². The van der Waals surface area contributed by atoms with E-state index in [-0.39, 0.29) is 6.61 Å². The van der Waals surface area contributed by atoms with E-state index < -0.39 is 0 Å². The monoisotopic (exact) mass is 354 g/mol. The highest BCUT2D eigenvalue weighted by Gasteiger charge is 2.05. The van der Waals surface area contributed by atoms with Gasteiger partial charge in [0, 0.05) is 0 Å². The second kappa shape index (κ2) is 9.84. The predicted molar refractivity (Wildman–Crippen MR) is 101 cm³/mol. The van der Waals surface area contributed by atoms with E-state index in [1.165, 1.54) is 0 Å². The number of hydrogen-bond acceptors (Lipinski definition) is 6. The van der Waals surface area contributed by atoms with Gasteiger partial charge < -0.3 is 24.4 Å². The van der Waals surface area contributed by atoms with Gasteiger partial charge in [-0.05, 0) is 41.5 Å². The van der Waals surface area contributed by atoms with Gasteiger partial charge in [0.2, 0.25) is 0 Å². The van der Waals surface area contributed by atoms with Crippen molar-refractivity contribution in [3.8, 4) is 35.3 Å². The third kappa shape index (κ3) is 5.08. The molecule has 0 heterocycles. The fourth-order valence-corrected chi connectivity index (χ4v) is 2.25. The molecule has 0 amide bonds. The van der Waals surface area contributed by atoms with Crippen molar-refractivity contribution in [2.24, 2.45) is 5.10 Å². The van der Waals surface area contributed by atoms with Crippen LogP contribution >= 0.6 is 0 Å². The first-order valence-corrected chi connectivity index (χ1v) is 7.93. The van der Waals surface area contributed by atoms with Crippen LogP contribution in [0.4, 0.5) is 0 Å². The third-order valence-corrected chi connectivity index (χ3v) is 3.53. The van der Waals surface area contributed by atoms with Gasteiger partial charge in [0.1, 0.15) is 6.61 Å². The van der Waals surface area contributed by atoms with Crippen LogP contribution in [0.25, 0.3) is 0 Å². The molecule has 0 aliphatic carbocycles. The molecular weight excluding hydrogens is 332 g/mol. The average Bonchev–Trinajstić information content (AvgIpc) is 2.69. The Balaban J connectivity index is 1.97. The lowest BCUT2D eigenvalue weighted by Crippen LogP contribution is -2.06. The highest BCUT2D eigenvalue weighted by molar-refractivity contribution is 5.80. The average molecular weight is 354 g/mol. The molecular formula is C20H22N2O4. The topological polar surface area (TPSA) is 61.3 Å². The molecule has 0 unspecified atom stereocenters. The molecule has 0 aliphatic heterocycles. The van der Waals surface area contributed by atoms with Crippen molar-refractivity contribution >= 4 is 6.21 Å². The number of methoxy groups -OCH3 is 3. The molecule has 2 rings (SSSR count). The lowest BCUT2D eigenvalue weighted by molar-refractivity contribution is 0.331. The largest absolute Gasteiger partial charge is 0.493 e. The molecule has 0 fully saturated rings. The first-order chi connectivity index (χ1) is 12.7. The number of nitrogens with zero attached hydrogens (tertiary/aromatic N) is 1. The van der Waals surface area contributed by atoms with Crippen molar-refractivity contribution in [3.63, 3.8) is 0 Å². The van der Waals surface area contributed by atoms with Crippen molar-refractivity contribution in [2.75, 3.05) is 27.9 Å². The van der Waals surface area contributed by atoms with Crippen LogP contribution in [0.3, 0.4) is 0 Å². The van der Waals surface area contributed by atoms with Crippen LogP contribution in [0, 0.1) is 12.3 Å². The van der Waals surface area contributed by atoms with Crippen LogP contribution in [0.5, 0.6) is 23.0 Å². The quantitative estimate of drug-likeness (QED) is 0.426. The minimum absolute atomic E-state index is 0.191. The standard InChI is InChI=1S/C20H22N2O4/c1-5-10-26-18-9-7-16(12-20(18)25-4)14-22-21-13-15-6-8-17(23-2)19(11-15)24-3/h1,6-9,11-12,14,21H,10,13H2,2-4H3/b22-14+. The predicted octanol–water partition coefficient (Wildman–Crippen LogP) is 2.85. The minimum Gasteiger partial charge on any atom is -0.493 e. The van der Waals surface area contributed by atoms with Gasteiger partial charge in [0.05, 0.1) is 34.1 Å². The molecule has 0 bridgehead atoms. The molecule has 6 heteroatoms. The number of benzene rings is 2. The fourth-order valence-electron chi connectivity index (χ4n) is 2.25. The van der Waals surface area contributed by atoms with Gasteiger partial charge in [0.25, 0.3) is 0 Å². The zero-order valence-corrected chi connectivity index (χ0v) is 15.1. The minimum atomic E-state index is 0.191. The summed E-state index contributed by atoms with van der Waals surface area (Å²) in [6, 6.07) is 11.2. The summed E-state index contributed by atoms with van der Waals surface area (Å²) in [5.74, 6) is 5.00. The highest BCUT2D eigenvalue weighted by atomic mass is 16.5. The molecule has 0 aromatic heterocycles. The SMILES string of the molecule is C#CCOc1ccc(/C=N/NCc2ccc(OC)c(OC)c2)cc1OC. The van der Waals surface area contributed by atoms with Gasteiger partial charge in [-0.3, -0.25) is 0 Å². The van der Waals surface area contributed by atoms with Gasteiger partial charge >= 0.3 is 0 Å². The summed E-state index contributed by atoms with van der Waals surface area (Å²) in [7, 11) is 4.79. The zero-order chi connectivity index (χ0) is 18.8. The number of nitrogens with one attached hydrogen (secondary N) is 1. The molecule has 1 N–H and O–H groups in total. The Morgan fingerprint density at radius 2 is 1.65 bits per heavy atom. The molecule has 0 atom stereocenters. The van der Waals surface area contributed by atoms with Crippen molar-refractivity contribution in [3.05, 3.63) is 47.5 Å². The lowest BCUT2D eigenvalue weighted by Gasteiger charge is -2.10. The summed E-state index contributed by atoms with van der Waals surface area (Å²) < 4.78 is 21.2. The van der Waals surface area contributed by atoms with Gasteiger partial charge in [-0.15, -0.1) is 6.42 Å². The summed E-state index contributed by atoms with van der Waals surface area (Å²) in [5.41, 5.74) is 4.89. The number of hydrazone groups is 1. The Hall–Kier alpha value is -3.33. The molecule has 2 aromatic carbocycles. The summed E-state index contributed by atoms with van der Waals surface area (Å²) in [6.45, 7) is 0.744. The third-order valence-electron chi connectivity index (χ3n) is 3.53. The summed E-state index contributed by atoms with van der Waals surface area (Å²) in [5, 5.41) is 4.23. The van der Waals surface area contributed by atoms with Crippen molar-refractivity contribution in [1.82, 2.24) is 5.43 Å². The first kappa shape index (κ1) is 19.0. The molecule has 0 aliphatic rings. The maximum absolute atomic E-state index is 5.41. The first-order valence-electron chi connectivity index (χ1n) is 7.93. The zero-order valence-electron chi connectivity index (χ0n) is 15.1. The molecule has 2 aromatic rings.